The van der Waals surface area contributed by atoms with E-state index in [2.05, 4.69) is 4.72 Å². The van der Waals surface area contributed by atoms with Gasteiger partial charge in [0.25, 0.3) is 0 Å². The molecule has 6 heteroatoms. The molecule has 1 rings (SSSR count). The smallest absolute Gasteiger partial charge is 0.244 e. The van der Waals surface area contributed by atoms with Gasteiger partial charge in [-0.05, 0) is 37.5 Å². The summed E-state index contributed by atoms with van der Waals surface area (Å²) in [5.41, 5.74) is 0.870. The van der Waals surface area contributed by atoms with Gasteiger partial charge >= 0.3 is 0 Å². The van der Waals surface area contributed by atoms with Gasteiger partial charge in [0.15, 0.2) is 0 Å². The van der Waals surface area contributed by atoms with Gasteiger partial charge in [-0.15, -0.1) is 0 Å². The molecule has 0 atom stereocenters. The highest BCUT2D eigenvalue weighted by molar-refractivity contribution is 7.89. The van der Waals surface area contributed by atoms with E-state index in [9.17, 15) is 8.42 Å². The fraction of sp³-hybridized carbons (Fsp3) is 0.571. The highest BCUT2D eigenvalue weighted by Crippen LogP contribution is 2.24. The highest BCUT2D eigenvalue weighted by atomic mass is 32.2. The standard InChI is InChI=1S/C14H23NO4S/c1-12-7-8-13(19-2)14(11-12)20(17,18)15-9-5-3-4-6-10-16/h7-8,11,15-16H,3-6,9-10H2,1-2H3. The van der Waals surface area contributed by atoms with Crippen LogP contribution in [0.4, 0.5) is 0 Å². The van der Waals surface area contributed by atoms with Crippen molar-refractivity contribution in [1.29, 1.82) is 0 Å². The van der Waals surface area contributed by atoms with Crippen LogP contribution in [-0.2, 0) is 10.0 Å². The van der Waals surface area contributed by atoms with Crippen LogP contribution in [-0.4, -0.2) is 33.8 Å². The first-order valence-corrected chi connectivity index (χ1v) is 8.24. The Morgan fingerprint density at radius 3 is 2.55 bits per heavy atom. The second kappa shape index (κ2) is 8.24. The van der Waals surface area contributed by atoms with Crippen LogP contribution < -0.4 is 9.46 Å². The van der Waals surface area contributed by atoms with Crippen molar-refractivity contribution in [2.45, 2.75) is 37.5 Å². The SMILES string of the molecule is COc1ccc(C)cc1S(=O)(=O)NCCCCCCO. The molecule has 0 aromatic heterocycles. The lowest BCUT2D eigenvalue weighted by Crippen LogP contribution is -2.25. The lowest BCUT2D eigenvalue weighted by atomic mass is 10.2. The topological polar surface area (TPSA) is 75.6 Å². The highest BCUT2D eigenvalue weighted by Gasteiger charge is 2.18. The van der Waals surface area contributed by atoms with Crippen LogP contribution in [0.1, 0.15) is 31.2 Å². The molecule has 114 valence electrons. The monoisotopic (exact) mass is 301 g/mol. The summed E-state index contributed by atoms with van der Waals surface area (Å²) in [5.74, 6) is 0.350. The fourth-order valence-corrected chi connectivity index (χ4v) is 3.19. The molecule has 0 aliphatic carbocycles. The molecule has 0 heterocycles. The molecule has 2 N–H and O–H groups in total. The Hall–Kier alpha value is -1.11. The van der Waals surface area contributed by atoms with E-state index in [1.165, 1.54) is 7.11 Å². The Balaban J connectivity index is 2.62. The summed E-state index contributed by atoms with van der Waals surface area (Å²) in [5, 5.41) is 8.66. The van der Waals surface area contributed by atoms with E-state index in [1.54, 1.807) is 12.1 Å². The summed E-state index contributed by atoms with van der Waals surface area (Å²) >= 11 is 0. The number of rotatable bonds is 9. The van der Waals surface area contributed by atoms with Crippen molar-refractivity contribution in [3.63, 3.8) is 0 Å². The number of aliphatic hydroxyl groups is 1. The molecule has 0 aliphatic heterocycles. The van der Waals surface area contributed by atoms with Crippen LogP contribution in [0.5, 0.6) is 5.75 Å². The predicted molar refractivity (Wildman–Crippen MR) is 78.5 cm³/mol. The molecule has 0 saturated heterocycles. The first-order valence-electron chi connectivity index (χ1n) is 6.76. The molecule has 0 fully saturated rings. The second-order valence-electron chi connectivity index (χ2n) is 4.69. The molecule has 1 aromatic rings. The van der Waals surface area contributed by atoms with E-state index in [0.717, 1.165) is 31.2 Å². The minimum atomic E-state index is -3.54. The average molecular weight is 301 g/mol. The molecule has 20 heavy (non-hydrogen) atoms. The van der Waals surface area contributed by atoms with Crippen molar-refractivity contribution in [2.75, 3.05) is 20.3 Å². The van der Waals surface area contributed by atoms with Crippen LogP contribution in [0.2, 0.25) is 0 Å². The van der Waals surface area contributed by atoms with Crippen molar-refractivity contribution in [2.24, 2.45) is 0 Å². The van der Waals surface area contributed by atoms with Crippen molar-refractivity contribution in [3.8, 4) is 5.75 Å². The largest absolute Gasteiger partial charge is 0.495 e. The molecule has 1 aromatic carbocycles. The summed E-state index contributed by atoms with van der Waals surface area (Å²) in [7, 11) is -2.09. The van der Waals surface area contributed by atoms with Crippen molar-refractivity contribution in [1.82, 2.24) is 4.72 Å². The van der Waals surface area contributed by atoms with Gasteiger partial charge in [0.1, 0.15) is 10.6 Å². The van der Waals surface area contributed by atoms with Crippen LogP contribution in [0, 0.1) is 6.92 Å². The Kier molecular flexibility index (Phi) is 6.98. The number of sulfonamides is 1. The third-order valence-corrected chi connectivity index (χ3v) is 4.47. The molecule has 0 saturated carbocycles. The van der Waals surface area contributed by atoms with Gasteiger partial charge in [0.05, 0.1) is 7.11 Å². The van der Waals surface area contributed by atoms with Crippen molar-refractivity contribution >= 4 is 10.0 Å². The van der Waals surface area contributed by atoms with E-state index in [0.29, 0.717) is 12.3 Å². The Bertz CT molecular complexity index is 514. The predicted octanol–water partition coefficient (Wildman–Crippen LogP) is 1.83. The summed E-state index contributed by atoms with van der Waals surface area (Å²) in [6.45, 7) is 2.42. The molecular weight excluding hydrogens is 278 g/mol. The average Bonchev–Trinajstić information content (AvgIpc) is 2.42. The van der Waals surface area contributed by atoms with Crippen LogP contribution in [0.25, 0.3) is 0 Å². The van der Waals surface area contributed by atoms with Crippen LogP contribution >= 0.6 is 0 Å². The Labute approximate surface area is 121 Å². The summed E-state index contributed by atoms with van der Waals surface area (Å²) in [4.78, 5) is 0.176. The van der Waals surface area contributed by atoms with Gasteiger partial charge in [-0.25, -0.2) is 13.1 Å². The van der Waals surface area contributed by atoms with Crippen LogP contribution in [0.15, 0.2) is 23.1 Å². The lowest BCUT2D eigenvalue weighted by Gasteiger charge is -2.11. The van der Waals surface area contributed by atoms with E-state index in [4.69, 9.17) is 9.84 Å². The summed E-state index contributed by atoms with van der Waals surface area (Å²) in [6, 6.07) is 5.07. The molecular formula is C14H23NO4S. The number of methoxy groups -OCH3 is 1. The lowest BCUT2D eigenvalue weighted by molar-refractivity contribution is 0.282. The normalized spacial score (nSPS) is 11.6. The number of hydrogen-bond donors (Lipinski definition) is 2. The number of ether oxygens (including phenoxy) is 1. The maximum absolute atomic E-state index is 12.2. The number of unbranched alkanes of at least 4 members (excludes halogenated alkanes) is 3. The van der Waals surface area contributed by atoms with Crippen LogP contribution in [0.3, 0.4) is 0 Å². The van der Waals surface area contributed by atoms with Crippen molar-refractivity contribution < 1.29 is 18.3 Å². The molecule has 0 unspecified atom stereocenters. The van der Waals surface area contributed by atoms with E-state index in [-0.39, 0.29) is 11.5 Å². The fourth-order valence-electron chi connectivity index (χ4n) is 1.87. The molecule has 0 spiro atoms. The Morgan fingerprint density at radius 1 is 1.20 bits per heavy atom. The minimum Gasteiger partial charge on any atom is -0.495 e. The van der Waals surface area contributed by atoms with Gasteiger partial charge in [-0.3, -0.25) is 0 Å². The van der Waals surface area contributed by atoms with E-state index in [1.807, 2.05) is 13.0 Å². The number of hydrogen-bond acceptors (Lipinski definition) is 4. The number of benzene rings is 1. The number of aryl methyl sites for hydroxylation is 1. The van der Waals surface area contributed by atoms with E-state index >= 15 is 0 Å². The maximum Gasteiger partial charge on any atom is 0.244 e. The molecule has 0 radical (unpaired) electrons. The summed E-state index contributed by atoms with van der Waals surface area (Å²) < 4.78 is 32.1. The molecule has 0 aliphatic rings. The molecule has 0 amide bonds. The van der Waals surface area contributed by atoms with Gasteiger partial charge in [-0.2, -0.15) is 0 Å². The molecule has 5 nitrogen and oxygen atoms in total. The van der Waals surface area contributed by atoms with Gasteiger partial charge < -0.3 is 9.84 Å². The second-order valence-corrected chi connectivity index (χ2v) is 6.43. The zero-order valence-electron chi connectivity index (χ0n) is 12.1. The van der Waals surface area contributed by atoms with Crippen molar-refractivity contribution in [3.05, 3.63) is 23.8 Å². The molecule has 0 bridgehead atoms. The van der Waals surface area contributed by atoms with Gasteiger partial charge in [0, 0.05) is 13.2 Å². The first-order chi connectivity index (χ1) is 9.51. The van der Waals surface area contributed by atoms with E-state index < -0.39 is 10.0 Å². The van der Waals surface area contributed by atoms with Gasteiger partial charge in [-0.1, -0.05) is 18.9 Å². The minimum absolute atomic E-state index is 0.176. The first kappa shape index (κ1) is 16.9. The summed E-state index contributed by atoms with van der Waals surface area (Å²) in [6.07, 6.45) is 3.33. The quantitative estimate of drug-likeness (QED) is 0.682. The number of aliphatic hydroxyl groups excluding tert-OH is 1. The Morgan fingerprint density at radius 2 is 1.90 bits per heavy atom. The van der Waals surface area contributed by atoms with Gasteiger partial charge in [0.2, 0.25) is 10.0 Å². The third-order valence-electron chi connectivity index (χ3n) is 2.99. The number of nitrogens with one attached hydrogen (secondary N) is 1. The maximum atomic E-state index is 12.2. The third kappa shape index (κ3) is 5.11. The zero-order chi connectivity index (χ0) is 15.0. The zero-order valence-corrected chi connectivity index (χ0v) is 12.9.